The Labute approximate surface area is 176 Å². The molecule has 1 aliphatic heterocycles. The number of piperazine rings is 1. The monoisotopic (exact) mass is 427 g/mol. The molecule has 3 heterocycles. The average molecular weight is 428 g/mol. The third-order valence-electron chi connectivity index (χ3n) is 5.38. The summed E-state index contributed by atoms with van der Waals surface area (Å²) in [7, 11) is -1.98. The zero-order valence-corrected chi connectivity index (χ0v) is 18.1. The molecule has 0 spiro atoms. The summed E-state index contributed by atoms with van der Waals surface area (Å²) in [5.74, 6) is 2.19. The molecule has 0 amide bonds. The number of rotatable bonds is 5. The fraction of sp³-hybridized carbons (Fsp3) is 0.333. The van der Waals surface area contributed by atoms with E-state index in [1.807, 2.05) is 48.1 Å². The minimum Gasteiger partial charge on any atom is -0.496 e. The summed E-state index contributed by atoms with van der Waals surface area (Å²) in [4.78, 5) is 2.40. The number of hydrogen-bond acceptors (Lipinski definition) is 6. The molecule has 2 aromatic heterocycles. The number of benzene rings is 1. The lowest BCUT2D eigenvalue weighted by atomic mass is 10.1. The van der Waals surface area contributed by atoms with Gasteiger partial charge in [0, 0.05) is 38.6 Å². The molecule has 0 saturated carbocycles. The Morgan fingerprint density at radius 2 is 1.53 bits per heavy atom. The Morgan fingerprint density at radius 3 is 2.13 bits per heavy atom. The van der Waals surface area contributed by atoms with Gasteiger partial charge in [0.2, 0.25) is 10.0 Å². The third kappa shape index (κ3) is 3.78. The molecule has 0 N–H and O–H groups in total. The molecule has 0 atom stereocenters. The van der Waals surface area contributed by atoms with Crippen LogP contribution in [0.5, 0.6) is 5.75 Å². The molecule has 9 heteroatoms. The van der Waals surface area contributed by atoms with E-state index >= 15 is 0 Å². The van der Waals surface area contributed by atoms with E-state index in [-0.39, 0.29) is 0 Å². The Hall–Kier alpha value is -2.91. The normalized spacial score (nSPS) is 15.4. The van der Waals surface area contributed by atoms with Gasteiger partial charge in [-0.05, 0) is 61.4 Å². The summed E-state index contributed by atoms with van der Waals surface area (Å²) >= 11 is 0. The maximum Gasteiger partial charge on any atom is 0.243 e. The lowest BCUT2D eigenvalue weighted by Gasteiger charge is -2.34. The molecule has 1 aromatic carbocycles. The molecule has 1 aliphatic rings. The summed E-state index contributed by atoms with van der Waals surface area (Å²) in [6, 6.07) is 11.2. The first-order valence-corrected chi connectivity index (χ1v) is 11.2. The molecule has 1 fully saturated rings. The second-order valence-corrected chi connectivity index (χ2v) is 9.22. The number of hydrogen-bond donors (Lipinski definition) is 0. The van der Waals surface area contributed by atoms with Gasteiger partial charge < -0.3 is 14.2 Å². The Balaban J connectivity index is 1.47. The topological polar surface area (TPSA) is 80.6 Å². The lowest BCUT2D eigenvalue weighted by Crippen LogP contribution is -2.49. The van der Waals surface area contributed by atoms with Gasteiger partial charge >= 0.3 is 0 Å². The summed E-state index contributed by atoms with van der Waals surface area (Å²) < 4.78 is 35.2. The average Bonchev–Trinajstić information content (AvgIpc) is 3.30. The van der Waals surface area contributed by atoms with Crippen LogP contribution in [0.4, 0.5) is 5.82 Å². The van der Waals surface area contributed by atoms with Crippen molar-refractivity contribution in [2.45, 2.75) is 18.7 Å². The van der Waals surface area contributed by atoms with E-state index in [1.54, 1.807) is 30.5 Å². The standard InChI is InChI=1S/C21H25N5O3S/c1-16-15-19(17(2)14-18(16)29-3)30(27,28)26-12-10-25(11-13-26)21-7-6-20(22-23-21)24-8-4-5-9-24/h4-9,14-15H,10-13H2,1-3H3. The first-order valence-electron chi connectivity index (χ1n) is 9.77. The molecule has 158 valence electrons. The predicted molar refractivity (Wildman–Crippen MR) is 115 cm³/mol. The van der Waals surface area contributed by atoms with Gasteiger partial charge in [0.25, 0.3) is 0 Å². The van der Waals surface area contributed by atoms with Crippen molar-refractivity contribution in [1.29, 1.82) is 0 Å². The van der Waals surface area contributed by atoms with Crippen LogP contribution in [0.1, 0.15) is 11.1 Å². The zero-order chi connectivity index (χ0) is 21.3. The Kier molecular flexibility index (Phi) is 5.48. The highest BCUT2D eigenvalue weighted by Crippen LogP contribution is 2.28. The van der Waals surface area contributed by atoms with Crippen molar-refractivity contribution >= 4 is 15.8 Å². The van der Waals surface area contributed by atoms with Gasteiger partial charge in [0.15, 0.2) is 11.6 Å². The van der Waals surface area contributed by atoms with E-state index in [0.29, 0.717) is 42.4 Å². The van der Waals surface area contributed by atoms with Crippen LogP contribution in [-0.2, 0) is 10.0 Å². The summed E-state index contributed by atoms with van der Waals surface area (Å²) in [6.07, 6.45) is 3.83. The minimum atomic E-state index is -3.57. The molecule has 4 rings (SSSR count). The predicted octanol–water partition coefficient (Wildman–Crippen LogP) is 2.40. The van der Waals surface area contributed by atoms with E-state index < -0.39 is 10.0 Å². The Morgan fingerprint density at radius 1 is 0.900 bits per heavy atom. The van der Waals surface area contributed by atoms with Crippen LogP contribution >= 0.6 is 0 Å². The highest BCUT2D eigenvalue weighted by Gasteiger charge is 2.30. The molecule has 0 radical (unpaired) electrons. The number of nitrogens with zero attached hydrogens (tertiary/aromatic N) is 5. The third-order valence-corrected chi connectivity index (χ3v) is 7.42. The number of anilines is 1. The van der Waals surface area contributed by atoms with Crippen molar-refractivity contribution in [3.8, 4) is 11.6 Å². The van der Waals surface area contributed by atoms with Crippen LogP contribution in [0, 0.1) is 13.8 Å². The zero-order valence-electron chi connectivity index (χ0n) is 17.3. The Bertz CT molecular complexity index is 1120. The second kappa shape index (κ2) is 8.08. The molecular weight excluding hydrogens is 402 g/mol. The van der Waals surface area contributed by atoms with E-state index in [4.69, 9.17) is 4.74 Å². The summed E-state index contributed by atoms with van der Waals surface area (Å²) in [6.45, 7) is 5.57. The van der Waals surface area contributed by atoms with E-state index in [0.717, 1.165) is 17.2 Å². The van der Waals surface area contributed by atoms with Gasteiger partial charge in [0.05, 0.1) is 12.0 Å². The van der Waals surface area contributed by atoms with Crippen LogP contribution in [0.15, 0.2) is 53.7 Å². The largest absolute Gasteiger partial charge is 0.496 e. The minimum absolute atomic E-state index is 0.338. The van der Waals surface area contributed by atoms with E-state index in [9.17, 15) is 8.42 Å². The van der Waals surface area contributed by atoms with Crippen molar-refractivity contribution in [2.75, 3.05) is 38.2 Å². The highest BCUT2D eigenvalue weighted by molar-refractivity contribution is 7.89. The van der Waals surface area contributed by atoms with Gasteiger partial charge in [-0.1, -0.05) is 0 Å². The molecule has 1 saturated heterocycles. The maximum atomic E-state index is 13.2. The smallest absolute Gasteiger partial charge is 0.243 e. The highest BCUT2D eigenvalue weighted by atomic mass is 32.2. The van der Waals surface area contributed by atoms with Crippen LogP contribution in [0.25, 0.3) is 5.82 Å². The number of aryl methyl sites for hydroxylation is 2. The van der Waals surface area contributed by atoms with Gasteiger partial charge in [-0.15, -0.1) is 10.2 Å². The van der Waals surface area contributed by atoms with Crippen LogP contribution in [-0.4, -0.2) is 60.8 Å². The van der Waals surface area contributed by atoms with Crippen molar-refractivity contribution in [3.63, 3.8) is 0 Å². The van der Waals surface area contributed by atoms with Crippen LogP contribution in [0.2, 0.25) is 0 Å². The first kappa shape index (κ1) is 20.4. The van der Waals surface area contributed by atoms with E-state index in [1.165, 1.54) is 0 Å². The number of sulfonamides is 1. The van der Waals surface area contributed by atoms with Gasteiger partial charge in [0.1, 0.15) is 5.75 Å². The van der Waals surface area contributed by atoms with Crippen molar-refractivity contribution in [3.05, 3.63) is 59.9 Å². The van der Waals surface area contributed by atoms with Crippen LogP contribution < -0.4 is 9.64 Å². The van der Waals surface area contributed by atoms with Crippen molar-refractivity contribution in [1.82, 2.24) is 19.1 Å². The van der Waals surface area contributed by atoms with E-state index in [2.05, 4.69) is 15.1 Å². The van der Waals surface area contributed by atoms with Gasteiger partial charge in [-0.25, -0.2) is 8.42 Å². The number of aromatic nitrogens is 3. The summed E-state index contributed by atoms with van der Waals surface area (Å²) in [5, 5.41) is 8.60. The fourth-order valence-electron chi connectivity index (χ4n) is 3.67. The second-order valence-electron chi connectivity index (χ2n) is 7.32. The molecule has 8 nitrogen and oxygen atoms in total. The summed E-state index contributed by atoms with van der Waals surface area (Å²) in [5.41, 5.74) is 1.49. The SMILES string of the molecule is COc1cc(C)c(S(=O)(=O)N2CCN(c3ccc(-n4cccc4)nn3)CC2)cc1C. The van der Waals surface area contributed by atoms with Crippen molar-refractivity contribution < 1.29 is 13.2 Å². The molecule has 0 unspecified atom stereocenters. The number of methoxy groups -OCH3 is 1. The van der Waals surface area contributed by atoms with Crippen molar-refractivity contribution in [2.24, 2.45) is 0 Å². The molecule has 3 aromatic rings. The van der Waals surface area contributed by atoms with Gasteiger partial charge in [-0.2, -0.15) is 4.31 Å². The van der Waals surface area contributed by atoms with Gasteiger partial charge in [-0.3, -0.25) is 0 Å². The fourth-order valence-corrected chi connectivity index (χ4v) is 5.38. The van der Waals surface area contributed by atoms with Crippen LogP contribution in [0.3, 0.4) is 0 Å². The molecular formula is C21H25N5O3S. The molecule has 30 heavy (non-hydrogen) atoms. The first-order chi connectivity index (χ1) is 14.4. The number of ether oxygens (including phenoxy) is 1. The molecule has 0 aliphatic carbocycles. The maximum absolute atomic E-state index is 13.2. The lowest BCUT2D eigenvalue weighted by molar-refractivity contribution is 0.382. The quantitative estimate of drug-likeness (QED) is 0.622. The molecule has 0 bridgehead atoms.